The Morgan fingerprint density at radius 1 is 1.02 bits per heavy atom. The van der Waals surface area contributed by atoms with Crippen LogP contribution >= 0.6 is 11.6 Å². The van der Waals surface area contributed by atoms with E-state index in [1.165, 1.54) is 4.31 Å². The number of hydrogen-bond acceptors (Lipinski definition) is 6. The number of sulfonamides is 1. The summed E-state index contributed by atoms with van der Waals surface area (Å²) >= 11 is 5.98. The second kappa shape index (κ2) is 13.3. The van der Waals surface area contributed by atoms with Gasteiger partial charge < -0.3 is 10.1 Å². The summed E-state index contributed by atoms with van der Waals surface area (Å²) in [6.07, 6.45) is 0.111. The highest BCUT2D eigenvalue weighted by atomic mass is 35.5. The van der Waals surface area contributed by atoms with Crippen molar-refractivity contribution in [1.82, 2.24) is 9.73 Å². The second-order valence-electron chi connectivity index (χ2n) is 9.90. The molecule has 1 heterocycles. The maximum atomic E-state index is 12.8. The van der Waals surface area contributed by atoms with E-state index in [4.69, 9.17) is 16.3 Å². The van der Waals surface area contributed by atoms with Gasteiger partial charge >= 0.3 is 0 Å². The van der Waals surface area contributed by atoms with E-state index in [9.17, 15) is 18.0 Å². The molecule has 0 spiro atoms. The summed E-state index contributed by atoms with van der Waals surface area (Å²) in [6.45, 7) is 5.85. The van der Waals surface area contributed by atoms with Crippen LogP contribution in [0.5, 0.6) is 5.75 Å². The van der Waals surface area contributed by atoms with Crippen LogP contribution < -0.4 is 15.5 Å². The smallest absolute Gasteiger partial charge is 0.265 e. The van der Waals surface area contributed by atoms with Crippen LogP contribution in [0.2, 0.25) is 5.02 Å². The molecular weight excluding hydrogens is 564 g/mol. The highest BCUT2D eigenvalue weighted by Gasteiger charge is 2.32. The minimum Gasteiger partial charge on any atom is -0.481 e. The van der Waals surface area contributed by atoms with Crippen molar-refractivity contribution in [3.8, 4) is 5.75 Å². The second-order valence-corrected chi connectivity index (χ2v) is 12.3. The summed E-state index contributed by atoms with van der Waals surface area (Å²) in [5.74, 6) is -0.279. The molecule has 1 unspecified atom stereocenters. The fourth-order valence-electron chi connectivity index (χ4n) is 4.42. The molecule has 0 bridgehead atoms. The fourth-order valence-corrected chi connectivity index (χ4v) is 6.14. The lowest BCUT2D eigenvalue weighted by atomic mass is 9.98. The van der Waals surface area contributed by atoms with Gasteiger partial charge in [-0.3, -0.25) is 9.59 Å². The number of hydrogen-bond donors (Lipinski definition) is 2. The maximum Gasteiger partial charge on any atom is 0.265 e. The number of carbonyl (C=O) groups excluding carboxylic acids is 2. The van der Waals surface area contributed by atoms with Crippen LogP contribution in [0.4, 0.5) is 5.69 Å². The number of rotatable bonds is 9. The van der Waals surface area contributed by atoms with Crippen molar-refractivity contribution in [2.24, 2.45) is 11.0 Å². The molecule has 1 aliphatic heterocycles. The van der Waals surface area contributed by atoms with Gasteiger partial charge in [-0.1, -0.05) is 41.9 Å². The van der Waals surface area contributed by atoms with Gasteiger partial charge in [0, 0.05) is 29.7 Å². The Morgan fingerprint density at radius 3 is 2.32 bits per heavy atom. The quantitative estimate of drug-likeness (QED) is 0.266. The van der Waals surface area contributed by atoms with E-state index in [0.717, 1.165) is 11.1 Å². The molecule has 1 saturated heterocycles. The average Bonchev–Trinajstić information content (AvgIpc) is 2.98. The zero-order valence-corrected chi connectivity index (χ0v) is 24.7. The Labute approximate surface area is 245 Å². The van der Waals surface area contributed by atoms with Crippen LogP contribution in [0.3, 0.4) is 0 Å². The molecule has 11 heteroatoms. The van der Waals surface area contributed by atoms with Gasteiger partial charge in [0.1, 0.15) is 5.75 Å². The molecule has 0 radical (unpaired) electrons. The molecule has 0 aliphatic carbocycles. The van der Waals surface area contributed by atoms with Crippen LogP contribution in [0.15, 0.2) is 82.8 Å². The highest BCUT2D eigenvalue weighted by molar-refractivity contribution is 7.89. The molecular formula is C30H33ClN4O5S. The van der Waals surface area contributed by atoms with Crippen LogP contribution in [-0.2, 0) is 19.6 Å². The summed E-state index contributed by atoms with van der Waals surface area (Å²) in [4.78, 5) is 25.6. The standard InChI is InChI=1S/C30H33ClN4O5S/c1-20-19-25(31)11-14-28(20)40-22(3)29(36)32-26-12-9-23(10-13-26)21(2)33-34-30(37)24-15-17-35(18-16-24)41(38,39)27-7-5-4-6-8-27/h4-14,19,22,24H,15-18H2,1-3H3,(H,32,36)(H,34,37). The Morgan fingerprint density at radius 2 is 1.68 bits per heavy atom. The molecule has 1 atom stereocenters. The predicted octanol–water partition coefficient (Wildman–Crippen LogP) is 5.00. The zero-order chi connectivity index (χ0) is 29.6. The first-order valence-electron chi connectivity index (χ1n) is 13.3. The number of amides is 2. The summed E-state index contributed by atoms with van der Waals surface area (Å²) in [7, 11) is -3.57. The summed E-state index contributed by atoms with van der Waals surface area (Å²) in [6, 6.07) is 20.6. The van der Waals surface area contributed by atoms with E-state index in [0.29, 0.717) is 35.0 Å². The molecule has 1 aliphatic rings. The SMILES string of the molecule is CC(=NNC(=O)C1CCN(S(=O)(=O)c2ccccc2)CC1)c1ccc(NC(=O)C(C)Oc2ccc(Cl)cc2C)cc1. The van der Waals surface area contributed by atoms with Crippen LogP contribution in [-0.4, -0.2) is 49.4 Å². The average molecular weight is 597 g/mol. The van der Waals surface area contributed by atoms with Crippen molar-refractivity contribution in [2.45, 2.75) is 44.6 Å². The Balaban J connectivity index is 1.26. The van der Waals surface area contributed by atoms with E-state index in [-0.39, 0.29) is 35.7 Å². The lowest BCUT2D eigenvalue weighted by molar-refractivity contribution is -0.126. The fraction of sp³-hybridized carbons (Fsp3) is 0.300. The largest absolute Gasteiger partial charge is 0.481 e. The van der Waals surface area contributed by atoms with E-state index in [1.807, 2.05) is 6.92 Å². The summed E-state index contributed by atoms with van der Waals surface area (Å²) < 4.78 is 32.8. The van der Waals surface area contributed by atoms with E-state index in [2.05, 4.69) is 15.8 Å². The van der Waals surface area contributed by atoms with Crippen LogP contribution in [0, 0.1) is 12.8 Å². The predicted molar refractivity (Wildman–Crippen MR) is 160 cm³/mol. The van der Waals surface area contributed by atoms with Gasteiger partial charge in [-0.05, 0) is 87.2 Å². The lowest BCUT2D eigenvalue weighted by Gasteiger charge is -2.30. The van der Waals surface area contributed by atoms with Gasteiger partial charge in [0.05, 0.1) is 10.6 Å². The number of anilines is 1. The molecule has 2 amide bonds. The third-order valence-corrected chi connectivity index (χ3v) is 9.07. The number of nitrogens with zero attached hydrogens (tertiary/aromatic N) is 2. The summed E-state index contributed by atoms with van der Waals surface area (Å²) in [5.41, 5.74) is 5.41. The number of hydrazone groups is 1. The number of piperidine rings is 1. The maximum absolute atomic E-state index is 12.8. The normalized spacial score (nSPS) is 15.7. The molecule has 0 saturated carbocycles. The molecule has 0 aromatic heterocycles. The number of carbonyl (C=O) groups is 2. The molecule has 3 aromatic rings. The van der Waals surface area contributed by atoms with Crippen molar-refractivity contribution >= 4 is 44.8 Å². The molecule has 3 aromatic carbocycles. The summed E-state index contributed by atoms with van der Waals surface area (Å²) in [5, 5.41) is 7.66. The van der Waals surface area contributed by atoms with Crippen LogP contribution in [0.1, 0.15) is 37.8 Å². The zero-order valence-electron chi connectivity index (χ0n) is 23.1. The van der Waals surface area contributed by atoms with Crippen molar-refractivity contribution in [2.75, 3.05) is 18.4 Å². The molecule has 2 N–H and O–H groups in total. The highest BCUT2D eigenvalue weighted by Crippen LogP contribution is 2.25. The van der Waals surface area contributed by atoms with Crippen molar-refractivity contribution in [1.29, 1.82) is 0 Å². The topological polar surface area (TPSA) is 117 Å². The van der Waals surface area contributed by atoms with Gasteiger partial charge in [-0.2, -0.15) is 9.41 Å². The van der Waals surface area contributed by atoms with Gasteiger partial charge in [0.2, 0.25) is 15.9 Å². The molecule has 1 fully saturated rings. The number of nitrogens with one attached hydrogen (secondary N) is 2. The van der Waals surface area contributed by atoms with E-state index in [1.54, 1.807) is 86.6 Å². The van der Waals surface area contributed by atoms with Crippen molar-refractivity contribution in [3.63, 3.8) is 0 Å². The minimum absolute atomic E-state index is 0.241. The Bertz CT molecular complexity index is 1520. The molecule has 41 heavy (non-hydrogen) atoms. The van der Waals surface area contributed by atoms with Gasteiger partial charge in [0.15, 0.2) is 6.10 Å². The first kappa shape index (κ1) is 30.2. The van der Waals surface area contributed by atoms with E-state index >= 15 is 0 Å². The number of halogens is 1. The van der Waals surface area contributed by atoms with Crippen LogP contribution in [0.25, 0.3) is 0 Å². The van der Waals surface area contributed by atoms with Crippen molar-refractivity contribution in [3.05, 3.63) is 88.9 Å². The number of ether oxygens (including phenoxy) is 1. The molecule has 216 valence electrons. The first-order chi connectivity index (χ1) is 19.5. The van der Waals surface area contributed by atoms with Crippen molar-refractivity contribution < 1.29 is 22.7 Å². The monoisotopic (exact) mass is 596 g/mol. The molecule has 4 rings (SSSR count). The van der Waals surface area contributed by atoms with Gasteiger partial charge in [-0.15, -0.1) is 0 Å². The van der Waals surface area contributed by atoms with Gasteiger partial charge in [0.25, 0.3) is 5.91 Å². The van der Waals surface area contributed by atoms with Gasteiger partial charge in [-0.25, -0.2) is 13.8 Å². The molecule has 9 nitrogen and oxygen atoms in total. The lowest BCUT2D eigenvalue weighted by Crippen LogP contribution is -2.42. The minimum atomic E-state index is -3.57. The Hall–Kier alpha value is -3.73. The number of benzene rings is 3. The number of aryl methyl sites for hydroxylation is 1. The first-order valence-corrected chi connectivity index (χ1v) is 15.1. The van der Waals surface area contributed by atoms with E-state index < -0.39 is 16.1 Å². The Kier molecular flexibility index (Phi) is 9.80. The third kappa shape index (κ3) is 7.72. The third-order valence-electron chi connectivity index (χ3n) is 6.92.